The third-order valence-electron chi connectivity index (χ3n) is 3.71. The second-order valence-electron chi connectivity index (χ2n) is 5.29. The summed E-state index contributed by atoms with van der Waals surface area (Å²) in [5, 5.41) is 0. The zero-order chi connectivity index (χ0) is 13.1. The van der Waals surface area contributed by atoms with Gasteiger partial charge in [0.15, 0.2) is 0 Å². The van der Waals surface area contributed by atoms with Crippen molar-refractivity contribution in [1.29, 1.82) is 0 Å². The molecule has 3 heteroatoms. The number of rotatable bonds is 2. The van der Waals surface area contributed by atoms with Gasteiger partial charge in [0.05, 0.1) is 5.92 Å². The zero-order valence-corrected chi connectivity index (χ0v) is 10.9. The Labute approximate surface area is 107 Å². The van der Waals surface area contributed by atoms with E-state index in [0.29, 0.717) is 17.2 Å². The Balaban J connectivity index is 1.96. The Morgan fingerprint density at radius 2 is 1.94 bits per heavy atom. The average Bonchev–Trinajstić information content (AvgIpc) is 2.34. The molecule has 0 bridgehead atoms. The highest BCUT2D eigenvalue weighted by Crippen LogP contribution is 2.29. The van der Waals surface area contributed by atoms with Crippen LogP contribution in [0.1, 0.15) is 38.2 Å². The van der Waals surface area contributed by atoms with Crippen LogP contribution in [0.3, 0.4) is 0 Å². The minimum atomic E-state index is -0.336. The fourth-order valence-corrected chi connectivity index (χ4v) is 2.33. The predicted molar refractivity (Wildman–Crippen MR) is 67.9 cm³/mol. The van der Waals surface area contributed by atoms with E-state index in [9.17, 15) is 9.18 Å². The Kier molecular flexibility index (Phi) is 4.00. The molecule has 0 atom stereocenters. The summed E-state index contributed by atoms with van der Waals surface area (Å²) in [6.45, 7) is 3.89. The van der Waals surface area contributed by atoms with E-state index in [1.165, 1.54) is 6.07 Å². The van der Waals surface area contributed by atoms with Crippen molar-refractivity contribution >= 4 is 5.97 Å². The number of carbonyl (C=O) groups excluding carboxylic acids is 1. The molecule has 1 aromatic carbocycles. The molecule has 1 aliphatic rings. The minimum Gasteiger partial charge on any atom is -0.426 e. The molecule has 0 N–H and O–H groups in total. The van der Waals surface area contributed by atoms with Gasteiger partial charge in [-0.3, -0.25) is 4.79 Å². The first-order valence-corrected chi connectivity index (χ1v) is 6.54. The number of aryl methyl sites for hydroxylation is 1. The summed E-state index contributed by atoms with van der Waals surface area (Å²) >= 11 is 0. The minimum absolute atomic E-state index is 0.0226. The van der Waals surface area contributed by atoms with E-state index in [1.807, 2.05) is 0 Å². The van der Waals surface area contributed by atoms with Gasteiger partial charge in [0.25, 0.3) is 0 Å². The van der Waals surface area contributed by atoms with E-state index in [1.54, 1.807) is 19.1 Å². The summed E-state index contributed by atoms with van der Waals surface area (Å²) < 4.78 is 18.6. The normalized spacial score (nSPS) is 23.7. The number of halogens is 1. The molecule has 0 saturated heterocycles. The Hall–Kier alpha value is -1.38. The quantitative estimate of drug-likeness (QED) is 0.588. The summed E-state index contributed by atoms with van der Waals surface area (Å²) in [6.07, 6.45) is 3.91. The molecular formula is C15H19FO2. The van der Waals surface area contributed by atoms with Crippen LogP contribution in [0, 0.1) is 24.6 Å². The van der Waals surface area contributed by atoms with Crippen molar-refractivity contribution in [2.75, 3.05) is 0 Å². The summed E-state index contributed by atoms with van der Waals surface area (Å²) in [7, 11) is 0. The summed E-state index contributed by atoms with van der Waals surface area (Å²) in [5.41, 5.74) is 0.557. The van der Waals surface area contributed by atoms with E-state index >= 15 is 0 Å². The molecule has 1 aromatic rings. The van der Waals surface area contributed by atoms with Crippen LogP contribution in [0.15, 0.2) is 18.2 Å². The van der Waals surface area contributed by atoms with Crippen LogP contribution in [-0.2, 0) is 4.79 Å². The van der Waals surface area contributed by atoms with Crippen molar-refractivity contribution in [3.63, 3.8) is 0 Å². The van der Waals surface area contributed by atoms with Crippen molar-refractivity contribution in [3.05, 3.63) is 29.6 Å². The van der Waals surface area contributed by atoms with E-state index < -0.39 is 0 Å². The molecular weight excluding hydrogens is 231 g/mol. The molecule has 0 radical (unpaired) electrons. The van der Waals surface area contributed by atoms with Crippen molar-refractivity contribution in [3.8, 4) is 5.75 Å². The SMILES string of the molecule is Cc1ccc(OC(=O)C2CCC(C)CC2)cc1F. The maximum absolute atomic E-state index is 13.3. The van der Waals surface area contributed by atoms with Crippen LogP contribution in [0.4, 0.5) is 4.39 Å². The van der Waals surface area contributed by atoms with E-state index in [0.717, 1.165) is 25.7 Å². The van der Waals surface area contributed by atoms with Gasteiger partial charge in [0.1, 0.15) is 11.6 Å². The lowest BCUT2D eigenvalue weighted by atomic mass is 9.83. The molecule has 0 aromatic heterocycles. The van der Waals surface area contributed by atoms with Crippen LogP contribution < -0.4 is 4.74 Å². The lowest BCUT2D eigenvalue weighted by molar-refractivity contribution is -0.140. The molecule has 1 aliphatic carbocycles. The molecule has 1 saturated carbocycles. The molecule has 2 rings (SSSR count). The molecule has 2 nitrogen and oxygen atoms in total. The molecule has 0 heterocycles. The number of benzene rings is 1. The third-order valence-corrected chi connectivity index (χ3v) is 3.71. The van der Waals surface area contributed by atoms with Crippen molar-refractivity contribution in [1.82, 2.24) is 0 Å². The Morgan fingerprint density at radius 1 is 1.28 bits per heavy atom. The van der Waals surface area contributed by atoms with Crippen molar-refractivity contribution in [2.24, 2.45) is 11.8 Å². The Morgan fingerprint density at radius 3 is 2.56 bits per heavy atom. The van der Waals surface area contributed by atoms with Crippen LogP contribution in [0.5, 0.6) is 5.75 Å². The fraction of sp³-hybridized carbons (Fsp3) is 0.533. The van der Waals surface area contributed by atoms with Gasteiger partial charge in [-0.05, 0) is 50.2 Å². The van der Waals surface area contributed by atoms with Crippen molar-refractivity contribution < 1.29 is 13.9 Å². The smallest absolute Gasteiger partial charge is 0.314 e. The van der Waals surface area contributed by atoms with Crippen molar-refractivity contribution in [2.45, 2.75) is 39.5 Å². The van der Waals surface area contributed by atoms with Gasteiger partial charge in [0.2, 0.25) is 0 Å². The van der Waals surface area contributed by atoms with Crippen LogP contribution in [-0.4, -0.2) is 5.97 Å². The molecule has 0 unspecified atom stereocenters. The number of esters is 1. The highest BCUT2D eigenvalue weighted by atomic mass is 19.1. The predicted octanol–water partition coefficient (Wildman–Crippen LogP) is 3.87. The lowest BCUT2D eigenvalue weighted by Crippen LogP contribution is -2.25. The maximum Gasteiger partial charge on any atom is 0.314 e. The molecule has 0 amide bonds. The van der Waals surface area contributed by atoms with E-state index in [2.05, 4.69) is 6.92 Å². The van der Waals surface area contributed by atoms with Gasteiger partial charge in [-0.25, -0.2) is 4.39 Å². The fourth-order valence-electron chi connectivity index (χ4n) is 2.33. The second-order valence-corrected chi connectivity index (χ2v) is 5.29. The molecule has 98 valence electrons. The molecule has 1 fully saturated rings. The van der Waals surface area contributed by atoms with Gasteiger partial charge in [-0.2, -0.15) is 0 Å². The highest BCUT2D eigenvalue weighted by molar-refractivity contribution is 5.75. The lowest BCUT2D eigenvalue weighted by Gasteiger charge is -2.24. The number of carbonyl (C=O) groups is 1. The Bertz CT molecular complexity index is 434. The summed E-state index contributed by atoms with van der Waals surface area (Å²) in [4.78, 5) is 11.9. The number of ether oxygens (including phenoxy) is 1. The first-order valence-electron chi connectivity index (χ1n) is 6.54. The van der Waals surface area contributed by atoms with Crippen LogP contribution in [0.25, 0.3) is 0 Å². The third kappa shape index (κ3) is 3.09. The standard InChI is InChI=1S/C15H19FO2/c1-10-3-6-12(7-4-10)15(17)18-13-8-5-11(2)14(16)9-13/h5,8-10,12H,3-4,6-7H2,1-2H3. The average molecular weight is 250 g/mol. The molecule has 18 heavy (non-hydrogen) atoms. The van der Waals surface area contributed by atoms with Gasteiger partial charge in [-0.1, -0.05) is 13.0 Å². The maximum atomic E-state index is 13.3. The first kappa shape index (κ1) is 13.1. The van der Waals surface area contributed by atoms with Crippen LogP contribution in [0.2, 0.25) is 0 Å². The van der Waals surface area contributed by atoms with E-state index in [-0.39, 0.29) is 17.7 Å². The zero-order valence-electron chi connectivity index (χ0n) is 10.9. The summed E-state index contributed by atoms with van der Waals surface area (Å²) in [6, 6.07) is 4.54. The van der Waals surface area contributed by atoms with Gasteiger partial charge < -0.3 is 4.74 Å². The van der Waals surface area contributed by atoms with Crippen LogP contribution >= 0.6 is 0 Å². The number of hydrogen-bond donors (Lipinski definition) is 0. The summed E-state index contributed by atoms with van der Waals surface area (Å²) in [5.74, 6) is 0.431. The first-order chi connectivity index (χ1) is 8.56. The second kappa shape index (κ2) is 5.51. The molecule has 0 spiro atoms. The number of hydrogen-bond acceptors (Lipinski definition) is 2. The van der Waals surface area contributed by atoms with Gasteiger partial charge in [-0.15, -0.1) is 0 Å². The van der Waals surface area contributed by atoms with Gasteiger partial charge in [0, 0.05) is 6.07 Å². The van der Waals surface area contributed by atoms with E-state index in [4.69, 9.17) is 4.74 Å². The molecule has 0 aliphatic heterocycles. The topological polar surface area (TPSA) is 26.3 Å². The van der Waals surface area contributed by atoms with Gasteiger partial charge >= 0.3 is 5.97 Å². The highest BCUT2D eigenvalue weighted by Gasteiger charge is 2.25. The largest absolute Gasteiger partial charge is 0.426 e. The monoisotopic (exact) mass is 250 g/mol.